The third-order valence-electron chi connectivity index (χ3n) is 6.49. The monoisotopic (exact) mass is 599 g/mol. The van der Waals surface area contributed by atoms with Crippen molar-refractivity contribution in [3.63, 3.8) is 0 Å². The van der Waals surface area contributed by atoms with Crippen molar-refractivity contribution in [2.24, 2.45) is 0 Å². The van der Waals surface area contributed by atoms with Crippen LogP contribution >= 0.6 is 23.2 Å². The maximum Gasteiger partial charge on any atom is 0.242 e. The molecule has 12 heteroatoms. The van der Waals surface area contributed by atoms with Crippen LogP contribution in [0.2, 0.25) is 10.0 Å². The summed E-state index contributed by atoms with van der Waals surface area (Å²) >= 11 is 12.4. The van der Waals surface area contributed by atoms with Crippen LogP contribution < -0.4 is 19.1 Å². The number of halogens is 2. The van der Waals surface area contributed by atoms with Crippen molar-refractivity contribution in [3.05, 3.63) is 52.0 Å². The van der Waals surface area contributed by atoms with Crippen molar-refractivity contribution in [2.45, 2.75) is 58.7 Å². The molecular weight excluding hydrogens is 565 g/mol. The number of anilines is 1. The van der Waals surface area contributed by atoms with Crippen LogP contribution in [0.5, 0.6) is 11.5 Å². The molecule has 2 aromatic rings. The van der Waals surface area contributed by atoms with E-state index in [1.165, 1.54) is 9.21 Å². The zero-order valence-corrected chi connectivity index (χ0v) is 24.9. The number of amides is 2. The summed E-state index contributed by atoms with van der Waals surface area (Å²) in [6, 6.07) is 9.09. The van der Waals surface area contributed by atoms with Gasteiger partial charge in [0.15, 0.2) is 11.5 Å². The fraction of sp³-hybridized carbons (Fsp3) is 0.481. The topological polar surface area (TPSA) is 105 Å². The first-order valence-corrected chi connectivity index (χ1v) is 15.4. The van der Waals surface area contributed by atoms with Gasteiger partial charge in [0.05, 0.1) is 11.9 Å². The third-order valence-corrected chi connectivity index (χ3v) is 8.27. The van der Waals surface area contributed by atoms with E-state index >= 15 is 0 Å². The van der Waals surface area contributed by atoms with Gasteiger partial charge in [0.1, 0.15) is 19.3 Å². The molecule has 0 unspecified atom stereocenters. The molecule has 0 aromatic heterocycles. The lowest BCUT2D eigenvalue weighted by Crippen LogP contribution is -2.49. The molecule has 214 valence electrons. The molecule has 3 rings (SSSR count). The van der Waals surface area contributed by atoms with Crippen molar-refractivity contribution in [3.8, 4) is 11.5 Å². The van der Waals surface area contributed by atoms with Gasteiger partial charge in [0.2, 0.25) is 21.8 Å². The maximum absolute atomic E-state index is 13.5. The van der Waals surface area contributed by atoms with Crippen molar-refractivity contribution < 1.29 is 27.5 Å². The zero-order chi connectivity index (χ0) is 28.7. The first kappa shape index (κ1) is 30.8. The molecule has 1 heterocycles. The number of benzene rings is 2. The highest BCUT2D eigenvalue weighted by Crippen LogP contribution is 2.35. The number of carbonyl (C=O) groups excluding carboxylic acids is 2. The highest BCUT2D eigenvalue weighted by Gasteiger charge is 2.28. The normalized spacial score (nSPS) is 14.3. The summed E-state index contributed by atoms with van der Waals surface area (Å²) in [5.74, 6) is 0.436. The minimum Gasteiger partial charge on any atom is -0.486 e. The van der Waals surface area contributed by atoms with Gasteiger partial charge in [-0.2, -0.15) is 0 Å². The van der Waals surface area contributed by atoms with Crippen LogP contribution in [-0.2, 0) is 26.2 Å². The van der Waals surface area contributed by atoms with Crippen LogP contribution in [0.25, 0.3) is 0 Å². The molecule has 0 spiro atoms. The molecule has 1 N–H and O–H groups in total. The second kappa shape index (κ2) is 13.6. The molecule has 2 aromatic carbocycles. The number of fused-ring (bicyclic) bond motifs is 1. The van der Waals surface area contributed by atoms with Gasteiger partial charge in [-0.3, -0.25) is 13.9 Å². The molecule has 0 radical (unpaired) electrons. The number of rotatable bonds is 12. The summed E-state index contributed by atoms with van der Waals surface area (Å²) in [6.07, 6.45) is 2.10. The van der Waals surface area contributed by atoms with Gasteiger partial charge in [0, 0.05) is 41.7 Å². The second-order valence-electron chi connectivity index (χ2n) is 9.52. The Hall–Kier alpha value is -2.69. The summed E-state index contributed by atoms with van der Waals surface area (Å²) < 4.78 is 37.6. The number of hydrogen-bond donors (Lipinski definition) is 1. The number of ether oxygens (including phenoxy) is 2. The van der Waals surface area contributed by atoms with E-state index in [-0.39, 0.29) is 43.8 Å². The highest BCUT2D eigenvalue weighted by molar-refractivity contribution is 7.92. The van der Waals surface area contributed by atoms with E-state index in [0.717, 1.165) is 12.7 Å². The van der Waals surface area contributed by atoms with E-state index in [1.807, 2.05) is 13.8 Å². The Kier molecular flexibility index (Phi) is 10.7. The van der Waals surface area contributed by atoms with Crippen molar-refractivity contribution >= 4 is 50.7 Å². The lowest BCUT2D eigenvalue weighted by molar-refractivity contribution is -0.140. The van der Waals surface area contributed by atoms with Crippen LogP contribution in [0.1, 0.15) is 45.6 Å². The van der Waals surface area contributed by atoms with E-state index in [4.69, 9.17) is 32.7 Å². The van der Waals surface area contributed by atoms with Crippen molar-refractivity contribution in [1.29, 1.82) is 0 Å². The summed E-state index contributed by atoms with van der Waals surface area (Å²) in [7, 11) is -3.65. The Morgan fingerprint density at radius 1 is 1.05 bits per heavy atom. The minimum absolute atomic E-state index is 0.0166. The molecule has 0 fully saturated rings. The van der Waals surface area contributed by atoms with E-state index in [0.29, 0.717) is 46.0 Å². The number of nitrogens with one attached hydrogen (secondary N) is 1. The van der Waals surface area contributed by atoms with Crippen LogP contribution in [-0.4, -0.2) is 63.2 Å². The van der Waals surface area contributed by atoms with Crippen LogP contribution in [0.3, 0.4) is 0 Å². The lowest BCUT2D eigenvalue weighted by atomic mass is 10.1. The highest BCUT2D eigenvalue weighted by atomic mass is 35.5. The van der Waals surface area contributed by atoms with E-state index < -0.39 is 16.1 Å². The molecule has 39 heavy (non-hydrogen) atoms. The van der Waals surface area contributed by atoms with E-state index in [1.54, 1.807) is 43.3 Å². The fourth-order valence-electron chi connectivity index (χ4n) is 4.07. The molecule has 0 aliphatic carbocycles. The van der Waals surface area contributed by atoms with Gasteiger partial charge < -0.3 is 19.7 Å². The number of hydrogen-bond acceptors (Lipinski definition) is 6. The zero-order valence-electron chi connectivity index (χ0n) is 22.6. The minimum atomic E-state index is -3.65. The van der Waals surface area contributed by atoms with E-state index in [2.05, 4.69) is 5.32 Å². The quantitative estimate of drug-likeness (QED) is 0.381. The predicted molar refractivity (Wildman–Crippen MR) is 153 cm³/mol. The lowest BCUT2D eigenvalue weighted by Gasteiger charge is -2.30. The van der Waals surface area contributed by atoms with Crippen LogP contribution in [0, 0.1) is 0 Å². The summed E-state index contributed by atoms with van der Waals surface area (Å²) in [4.78, 5) is 27.9. The summed E-state index contributed by atoms with van der Waals surface area (Å²) in [6.45, 7) is 6.48. The Balaban J connectivity index is 1.76. The first-order valence-electron chi connectivity index (χ1n) is 12.8. The molecule has 0 saturated heterocycles. The van der Waals surface area contributed by atoms with Gasteiger partial charge >= 0.3 is 0 Å². The number of carbonyl (C=O) groups is 2. The Labute approximate surface area is 240 Å². The van der Waals surface area contributed by atoms with E-state index in [9.17, 15) is 18.0 Å². The molecule has 2 amide bonds. The second-order valence-corrected chi connectivity index (χ2v) is 12.3. The van der Waals surface area contributed by atoms with Gasteiger partial charge in [-0.25, -0.2) is 8.42 Å². The van der Waals surface area contributed by atoms with Crippen LogP contribution in [0.4, 0.5) is 5.69 Å². The Morgan fingerprint density at radius 2 is 1.74 bits per heavy atom. The molecule has 2 atom stereocenters. The summed E-state index contributed by atoms with van der Waals surface area (Å²) in [5.41, 5.74) is 1.06. The largest absolute Gasteiger partial charge is 0.486 e. The third kappa shape index (κ3) is 8.40. The number of nitrogens with zero attached hydrogens (tertiary/aromatic N) is 2. The van der Waals surface area contributed by atoms with Crippen molar-refractivity contribution in [2.75, 3.05) is 30.3 Å². The van der Waals surface area contributed by atoms with Gasteiger partial charge in [-0.15, -0.1) is 0 Å². The fourth-order valence-corrected chi connectivity index (χ4v) is 5.50. The van der Waals surface area contributed by atoms with Crippen molar-refractivity contribution in [1.82, 2.24) is 10.2 Å². The van der Waals surface area contributed by atoms with Crippen LogP contribution in [0.15, 0.2) is 36.4 Å². The Morgan fingerprint density at radius 3 is 2.38 bits per heavy atom. The molecular formula is C27H35Cl2N3O6S. The average Bonchev–Trinajstić information content (AvgIpc) is 2.89. The van der Waals surface area contributed by atoms with Gasteiger partial charge in [-0.1, -0.05) is 36.2 Å². The maximum atomic E-state index is 13.5. The predicted octanol–water partition coefficient (Wildman–Crippen LogP) is 4.64. The Bertz CT molecular complexity index is 1290. The standard InChI is InChI=1S/C27H35Cl2N3O6S/c1-5-18(2)30-27(34)19(3)31(17-20-8-9-21(28)15-23(20)29)26(33)7-6-12-32(39(4,35)36)22-10-11-24-25(16-22)38-14-13-37-24/h8-11,15-16,18-19H,5-7,12-14,17H2,1-4H3,(H,30,34)/t18-,19-/m1/s1. The molecule has 1 aliphatic heterocycles. The smallest absolute Gasteiger partial charge is 0.242 e. The number of sulfonamides is 1. The van der Waals surface area contributed by atoms with Gasteiger partial charge in [-0.05, 0) is 56.5 Å². The summed E-state index contributed by atoms with van der Waals surface area (Å²) in [5, 5.41) is 3.77. The molecule has 1 aliphatic rings. The van der Waals surface area contributed by atoms with Gasteiger partial charge in [0.25, 0.3) is 0 Å². The molecule has 0 saturated carbocycles. The average molecular weight is 601 g/mol. The SMILES string of the molecule is CC[C@@H](C)NC(=O)[C@@H](C)N(Cc1ccc(Cl)cc1Cl)C(=O)CCCN(c1ccc2c(c1)OCCO2)S(C)(=O)=O. The first-order chi connectivity index (χ1) is 18.4. The molecule has 0 bridgehead atoms. The molecule has 9 nitrogen and oxygen atoms in total.